The molecule has 0 spiro atoms. The van der Waals surface area contributed by atoms with E-state index in [4.69, 9.17) is 16.3 Å². The number of pyridine rings is 1. The average molecular weight is 387 g/mol. The number of guanidine groups is 1. The van der Waals surface area contributed by atoms with Gasteiger partial charge >= 0.3 is 0 Å². The molecule has 7 nitrogen and oxygen atoms in total. The third-order valence-corrected chi connectivity index (χ3v) is 4.14. The molecule has 0 saturated carbocycles. The van der Waals surface area contributed by atoms with Crippen molar-refractivity contribution in [3.63, 3.8) is 0 Å². The fraction of sp³-hybridized carbons (Fsp3) is 0.316. The zero-order valence-corrected chi connectivity index (χ0v) is 16.1. The summed E-state index contributed by atoms with van der Waals surface area (Å²) in [5, 5.41) is 15.4. The lowest BCUT2D eigenvalue weighted by Gasteiger charge is -2.18. The molecule has 0 bridgehead atoms. The Morgan fingerprint density at radius 2 is 2.00 bits per heavy atom. The maximum Gasteiger partial charge on any atom is 0.191 e. The highest BCUT2D eigenvalue weighted by Crippen LogP contribution is 2.23. The number of aliphatic imine (C=N–C) groups is 1. The molecule has 0 radical (unpaired) electrons. The zero-order valence-electron chi connectivity index (χ0n) is 15.4. The Kier molecular flexibility index (Phi) is 6.49. The largest absolute Gasteiger partial charge is 0.487 e. The van der Waals surface area contributed by atoms with Crippen LogP contribution < -0.4 is 15.4 Å². The van der Waals surface area contributed by atoms with Gasteiger partial charge in [0.05, 0.1) is 11.6 Å². The normalized spacial score (nSPS) is 12.8. The Morgan fingerprint density at radius 1 is 1.19 bits per heavy atom. The summed E-state index contributed by atoms with van der Waals surface area (Å²) in [6.45, 7) is 5.75. The number of nitrogens with one attached hydrogen (secondary N) is 2. The average Bonchev–Trinajstić information content (AvgIpc) is 3.09. The second kappa shape index (κ2) is 9.23. The topological polar surface area (TPSA) is 75.8 Å². The number of rotatable bonds is 7. The lowest BCUT2D eigenvalue weighted by Crippen LogP contribution is -2.41. The second-order valence-corrected chi connectivity index (χ2v) is 6.39. The van der Waals surface area contributed by atoms with Gasteiger partial charge in [0.25, 0.3) is 0 Å². The maximum atomic E-state index is 6.14. The third kappa shape index (κ3) is 5.10. The molecule has 0 fully saturated rings. The number of fused-ring (bicyclic) bond motifs is 1. The molecule has 3 rings (SSSR count). The number of hydrogen-bond acceptors (Lipinski definition) is 4. The molecular weight excluding hydrogens is 364 g/mol. The number of benzene rings is 1. The summed E-state index contributed by atoms with van der Waals surface area (Å²) in [6.07, 6.45) is 1.85. The van der Waals surface area contributed by atoms with Gasteiger partial charge in [-0.3, -0.25) is 4.40 Å². The Bertz CT molecular complexity index is 910. The summed E-state index contributed by atoms with van der Waals surface area (Å²) in [6, 6.07) is 13.2. The number of halogens is 1. The van der Waals surface area contributed by atoms with Gasteiger partial charge in [-0.1, -0.05) is 29.8 Å². The molecule has 2 N–H and O–H groups in total. The SMILES string of the molecule is CCNC(=NCc1nnc2ccccn12)NCC(C)Oc1ccccc1Cl. The molecule has 2 heterocycles. The lowest BCUT2D eigenvalue weighted by molar-refractivity contribution is 0.224. The van der Waals surface area contributed by atoms with Crippen molar-refractivity contribution in [2.45, 2.75) is 26.5 Å². The van der Waals surface area contributed by atoms with Crippen LogP contribution in [0.3, 0.4) is 0 Å². The first-order chi connectivity index (χ1) is 13.2. The molecule has 3 aromatic rings. The molecule has 0 aliphatic rings. The number of nitrogens with zero attached hydrogens (tertiary/aromatic N) is 4. The van der Waals surface area contributed by atoms with Gasteiger partial charge in [0, 0.05) is 12.7 Å². The minimum atomic E-state index is -0.0809. The van der Waals surface area contributed by atoms with Gasteiger partial charge < -0.3 is 15.4 Å². The maximum absolute atomic E-state index is 6.14. The molecule has 142 valence electrons. The van der Waals surface area contributed by atoms with Gasteiger partial charge in [0.2, 0.25) is 0 Å². The van der Waals surface area contributed by atoms with Crippen LogP contribution in [0.15, 0.2) is 53.7 Å². The van der Waals surface area contributed by atoms with Crippen LogP contribution in [0.4, 0.5) is 0 Å². The van der Waals surface area contributed by atoms with E-state index in [0.717, 1.165) is 18.0 Å². The summed E-state index contributed by atoms with van der Waals surface area (Å²) < 4.78 is 7.80. The molecule has 0 aliphatic carbocycles. The smallest absolute Gasteiger partial charge is 0.191 e. The van der Waals surface area contributed by atoms with Crippen molar-refractivity contribution in [3.05, 3.63) is 59.5 Å². The van der Waals surface area contributed by atoms with E-state index in [1.807, 2.05) is 66.9 Å². The number of hydrogen-bond donors (Lipinski definition) is 2. The van der Waals surface area contributed by atoms with E-state index in [1.54, 1.807) is 0 Å². The highest BCUT2D eigenvalue weighted by molar-refractivity contribution is 6.32. The molecule has 0 aliphatic heterocycles. The first-order valence-corrected chi connectivity index (χ1v) is 9.27. The van der Waals surface area contributed by atoms with Crippen molar-refractivity contribution in [1.82, 2.24) is 25.2 Å². The third-order valence-electron chi connectivity index (χ3n) is 3.83. The molecule has 27 heavy (non-hydrogen) atoms. The monoisotopic (exact) mass is 386 g/mol. The van der Waals surface area contributed by atoms with Crippen LogP contribution in [-0.2, 0) is 6.54 Å². The van der Waals surface area contributed by atoms with E-state index in [1.165, 1.54) is 0 Å². The van der Waals surface area contributed by atoms with Gasteiger partial charge in [-0.15, -0.1) is 10.2 Å². The van der Waals surface area contributed by atoms with Crippen LogP contribution in [0, 0.1) is 0 Å². The number of ether oxygens (including phenoxy) is 1. The fourth-order valence-electron chi connectivity index (χ4n) is 2.53. The van der Waals surface area contributed by atoms with E-state index in [0.29, 0.717) is 29.8 Å². The molecule has 2 aromatic heterocycles. The predicted molar refractivity (Wildman–Crippen MR) is 107 cm³/mol. The van der Waals surface area contributed by atoms with Crippen LogP contribution in [0.5, 0.6) is 5.75 Å². The minimum Gasteiger partial charge on any atom is -0.487 e. The first-order valence-electron chi connectivity index (χ1n) is 8.89. The van der Waals surface area contributed by atoms with Crippen LogP contribution in [-0.4, -0.2) is 39.8 Å². The quantitative estimate of drug-likeness (QED) is 0.482. The number of para-hydroxylation sites is 1. The van der Waals surface area contributed by atoms with Crippen molar-refractivity contribution in [3.8, 4) is 5.75 Å². The summed E-state index contributed by atoms with van der Waals surface area (Å²) in [7, 11) is 0. The van der Waals surface area contributed by atoms with Crippen molar-refractivity contribution in [2.75, 3.05) is 13.1 Å². The Hall–Kier alpha value is -2.80. The Morgan fingerprint density at radius 3 is 2.81 bits per heavy atom. The number of aromatic nitrogens is 3. The molecule has 0 amide bonds. The first kappa shape index (κ1) is 19.0. The fourth-order valence-corrected chi connectivity index (χ4v) is 2.71. The molecule has 1 unspecified atom stereocenters. The van der Waals surface area contributed by atoms with Gasteiger partial charge in [-0.2, -0.15) is 0 Å². The van der Waals surface area contributed by atoms with Crippen molar-refractivity contribution < 1.29 is 4.74 Å². The van der Waals surface area contributed by atoms with Crippen LogP contribution >= 0.6 is 11.6 Å². The van der Waals surface area contributed by atoms with Crippen LogP contribution in [0.2, 0.25) is 5.02 Å². The molecule has 1 aromatic carbocycles. The lowest BCUT2D eigenvalue weighted by atomic mass is 10.3. The van der Waals surface area contributed by atoms with E-state index in [-0.39, 0.29) is 6.10 Å². The summed E-state index contributed by atoms with van der Waals surface area (Å²) in [5.41, 5.74) is 0.808. The minimum absolute atomic E-state index is 0.0809. The van der Waals surface area contributed by atoms with E-state index >= 15 is 0 Å². The molecular formula is C19H23ClN6O. The van der Waals surface area contributed by atoms with Gasteiger partial charge in [0.15, 0.2) is 17.4 Å². The second-order valence-electron chi connectivity index (χ2n) is 5.98. The zero-order chi connectivity index (χ0) is 19.1. The van der Waals surface area contributed by atoms with Crippen LogP contribution in [0.1, 0.15) is 19.7 Å². The van der Waals surface area contributed by atoms with E-state index < -0.39 is 0 Å². The van der Waals surface area contributed by atoms with Crippen molar-refractivity contribution >= 4 is 23.2 Å². The summed E-state index contributed by atoms with van der Waals surface area (Å²) in [5.74, 6) is 2.15. The predicted octanol–water partition coefficient (Wildman–Crippen LogP) is 2.91. The molecule has 8 heteroatoms. The summed E-state index contributed by atoms with van der Waals surface area (Å²) >= 11 is 6.14. The Labute approximate surface area is 163 Å². The van der Waals surface area contributed by atoms with E-state index in [2.05, 4.69) is 25.8 Å². The van der Waals surface area contributed by atoms with Gasteiger partial charge in [-0.25, -0.2) is 4.99 Å². The highest BCUT2D eigenvalue weighted by Gasteiger charge is 2.09. The standard InChI is InChI=1S/C19H23ClN6O/c1-3-21-19(22-12-14(2)27-16-9-5-4-8-15(16)20)23-13-18-25-24-17-10-6-7-11-26(17)18/h4-11,14H,3,12-13H2,1-2H3,(H2,21,22,23). The summed E-state index contributed by atoms with van der Waals surface area (Å²) in [4.78, 5) is 4.59. The molecule has 0 saturated heterocycles. The molecule has 1 atom stereocenters. The van der Waals surface area contributed by atoms with Crippen molar-refractivity contribution in [2.24, 2.45) is 4.99 Å². The van der Waals surface area contributed by atoms with Gasteiger partial charge in [-0.05, 0) is 38.1 Å². The van der Waals surface area contributed by atoms with E-state index in [9.17, 15) is 0 Å². The van der Waals surface area contributed by atoms with Crippen molar-refractivity contribution in [1.29, 1.82) is 0 Å². The van der Waals surface area contributed by atoms with Gasteiger partial charge in [0.1, 0.15) is 18.4 Å². The Balaban J connectivity index is 1.59. The highest BCUT2D eigenvalue weighted by atomic mass is 35.5. The van der Waals surface area contributed by atoms with Crippen LogP contribution in [0.25, 0.3) is 5.65 Å².